The molecule has 0 saturated carbocycles. The molecule has 5 nitrogen and oxygen atoms in total. The van der Waals surface area contributed by atoms with E-state index in [1.54, 1.807) is 22.9 Å². The molecule has 3 N–H and O–H groups in total. The summed E-state index contributed by atoms with van der Waals surface area (Å²) in [5.74, 6) is -1.54. The zero-order valence-electron chi connectivity index (χ0n) is 12.4. The van der Waals surface area contributed by atoms with Crippen molar-refractivity contribution in [3.63, 3.8) is 0 Å². The maximum Gasteiger partial charge on any atom is 0.268 e. The fraction of sp³-hybridized carbons (Fsp3) is 0.250. The summed E-state index contributed by atoms with van der Waals surface area (Å²) in [4.78, 5) is 24.0. The Labute approximate surface area is 127 Å². The first kappa shape index (κ1) is 15.8. The maximum atomic E-state index is 13.0. The molecule has 0 spiro atoms. The smallest absolute Gasteiger partial charge is 0.268 e. The van der Waals surface area contributed by atoms with Gasteiger partial charge in [0.05, 0.1) is 0 Å². The Balaban J connectivity index is 2.24. The molecule has 6 heteroatoms. The van der Waals surface area contributed by atoms with Gasteiger partial charge < -0.3 is 15.6 Å². The third kappa shape index (κ3) is 3.33. The van der Waals surface area contributed by atoms with Gasteiger partial charge in [0.2, 0.25) is 5.91 Å². The number of rotatable bonds is 5. The van der Waals surface area contributed by atoms with Crippen molar-refractivity contribution >= 4 is 11.8 Å². The largest absolute Gasteiger partial charge is 0.368 e. The van der Waals surface area contributed by atoms with Gasteiger partial charge in [0, 0.05) is 12.2 Å². The lowest BCUT2D eigenvalue weighted by Crippen LogP contribution is -2.38. The molecule has 0 aliphatic rings. The van der Waals surface area contributed by atoms with E-state index in [9.17, 15) is 14.0 Å². The molecule has 2 amide bonds. The summed E-state index contributed by atoms with van der Waals surface area (Å²) in [6.07, 6.45) is 1.79. The van der Waals surface area contributed by atoms with E-state index in [2.05, 4.69) is 5.32 Å². The van der Waals surface area contributed by atoms with Gasteiger partial charge in [0.25, 0.3) is 5.91 Å². The Morgan fingerprint density at radius 3 is 2.36 bits per heavy atom. The quantitative estimate of drug-likeness (QED) is 0.888. The van der Waals surface area contributed by atoms with Crippen LogP contribution in [0.25, 0.3) is 0 Å². The Hall–Kier alpha value is -2.63. The molecule has 2 rings (SSSR count). The van der Waals surface area contributed by atoms with Crippen LogP contribution in [0.5, 0.6) is 0 Å². The minimum Gasteiger partial charge on any atom is -0.368 e. The van der Waals surface area contributed by atoms with Gasteiger partial charge in [-0.3, -0.25) is 9.59 Å². The molecule has 1 aromatic heterocycles. The number of aromatic nitrogens is 1. The standard InChI is InChI=1S/C16H18FN3O2/c1-10(2)20-9-3-4-13(20)16(22)19-14(15(18)21)11-5-7-12(17)8-6-11/h3-10,14H,1-2H3,(H2,18,21)(H,19,22). The van der Waals surface area contributed by atoms with Gasteiger partial charge in [-0.1, -0.05) is 12.1 Å². The number of benzene rings is 1. The summed E-state index contributed by atoms with van der Waals surface area (Å²) in [7, 11) is 0. The molecule has 116 valence electrons. The van der Waals surface area contributed by atoms with Gasteiger partial charge in [-0.2, -0.15) is 0 Å². The minimum atomic E-state index is -1.01. The molecule has 2 aromatic rings. The first-order valence-corrected chi connectivity index (χ1v) is 6.92. The number of nitrogens with one attached hydrogen (secondary N) is 1. The van der Waals surface area contributed by atoms with Gasteiger partial charge in [-0.25, -0.2) is 4.39 Å². The van der Waals surface area contributed by atoms with Crippen molar-refractivity contribution in [2.75, 3.05) is 0 Å². The minimum absolute atomic E-state index is 0.105. The highest BCUT2D eigenvalue weighted by Gasteiger charge is 2.22. The van der Waals surface area contributed by atoms with Crippen molar-refractivity contribution in [1.82, 2.24) is 9.88 Å². The second-order valence-corrected chi connectivity index (χ2v) is 5.25. The van der Waals surface area contributed by atoms with Crippen molar-refractivity contribution in [3.05, 3.63) is 59.7 Å². The maximum absolute atomic E-state index is 13.0. The first-order valence-electron chi connectivity index (χ1n) is 6.92. The van der Waals surface area contributed by atoms with Crippen LogP contribution in [0.15, 0.2) is 42.6 Å². The average molecular weight is 303 g/mol. The fourth-order valence-corrected chi connectivity index (χ4v) is 2.22. The zero-order valence-corrected chi connectivity index (χ0v) is 12.4. The van der Waals surface area contributed by atoms with Gasteiger partial charge in [0.15, 0.2) is 0 Å². The molecular weight excluding hydrogens is 285 g/mol. The number of primary amides is 1. The Morgan fingerprint density at radius 1 is 1.18 bits per heavy atom. The highest BCUT2D eigenvalue weighted by Crippen LogP contribution is 2.16. The summed E-state index contributed by atoms with van der Waals surface area (Å²) < 4.78 is 14.8. The second-order valence-electron chi connectivity index (χ2n) is 5.25. The topological polar surface area (TPSA) is 77.1 Å². The van der Waals surface area contributed by atoms with E-state index < -0.39 is 23.7 Å². The molecule has 1 heterocycles. The summed E-state index contributed by atoms with van der Waals surface area (Å²) in [6, 6.07) is 7.79. The van der Waals surface area contributed by atoms with Gasteiger partial charge in [-0.15, -0.1) is 0 Å². The van der Waals surface area contributed by atoms with E-state index in [-0.39, 0.29) is 6.04 Å². The average Bonchev–Trinajstić information content (AvgIpc) is 2.95. The van der Waals surface area contributed by atoms with Gasteiger partial charge in [0.1, 0.15) is 17.6 Å². The van der Waals surface area contributed by atoms with Crippen LogP contribution in [0.1, 0.15) is 42.0 Å². The van der Waals surface area contributed by atoms with Crippen molar-refractivity contribution in [2.24, 2.45) is 5.73 Å². The highest BCUT2D eigenvalue weighted by atomic mass is 19.1. The van der Waals surface area contributed by atoms with Crippen LogP contribution in [0, 0.1) is 5.82 Å². The second kappa shape index (κ2) is 6.43. The summed E-state index contributed by atoms with van der Waals surface area (Å²) in [5, 5.41) is 2.59. The molecule has 0 aliphatic carbocycles. The number of nitrogens with zero attached hydrogens (tertiary/aromatic N) is 1. The SMILES string of the molecule is CC(C)n1cccc1C(=O)NC(C(N)=O)c1ccc(F)cc1. The van der Waals surface area contributed by atoms with E-state index in [1.807, 2.05) is 13.8 Å². The van der Waals surface area contributed by atoms with E-state index in [0.29, 0.717) is 11.3 Å². The van der Waals surface area contributed by atoms with Crippen LogP contribution < -0.4 is 11.1 Å². The van der Waals surface area contributed by atoms with Crippen LogP contribution in [0.4, 0.5) is 4.39 Å². The zero-order chi connectivity index (χ0) is 16.3. The van der Waals surface area contributed by atoms with Crippen LogP contribution in [-0.2, 0) is 4.79 Å². The molecule has 1 aromatic carbocycles. The number of nitrogens with two attached hydrogens (primary N) is 1. The highest BCUT2D eigenvalue weighted by molar-refractivity contribution is 5.96. The number of halogens is 1. The third-order valence-corrected chi connectivity index (χ3v) is 3.33. The number of hydrogen-bond acceptors (Lipinski definition) is 2. The van der Waals surface area contributed by atoms with Gasteiger partial charge in [-0.05, 0) is 43.7 Å². The summed E-state index contributed by atoms with van der Waals surface area (Å²) in [5.41, 5.74) is 6.22. The van der Waals surface area contributed by atoms with Crippen LogP contribution >= 0.6 is 0 Å². The van der Waals surface area contributed by atoms with Crippen molar-refractivity contribution in [3.8, 4) is 0 Å². The summed E-state index contributed by atoms with van der Waals surface area (Å²) in [6.45, 7) is 3.89. The fourth-order valence-electron chi connectivity index (χ4n) is 2.22. The van der Waals surface area contributed by atoms with Crippen LogP contribution in [0.2, 0.25) is 0 Å². The van der Waals surface area contributed by atoms with E-state index >= 15 is 0 Å². The number of amides is 2. The van der Waals surface area contributed by atoms with Crippen LogP contribution in [-0.4, -0.2) is 16.4 Å². The molecule has 22 heavy (non-hydrogen) atoms. The molecule has 1 unspecified atom stereocenters. The van der Waals surface area contributed by atoms with Crippen molar-refractivity contribution < 1.29 is 14.0 Å². The molecular formula is C16H18FN3O2. The molecule has 0 saturated heterocycles. The lowest BCUT2D eigenvalue weighted by atomic mass is 10.1. The monoisotopic (exact) mass is 303 g/mol. The predicted molar refractivity (Wildman–Crippen MR) is 80.6 cm³/mol. The Bertz CT molecular complexity index is 677. The van der Waals surface area contributed by atoms with Gasteiger partial charge >= 0.3 is 0 Å². The van der Waals surface area contributed by atoms with E-state index in [4.69, 9.17) is 5.73 Å². The molecule has 0 aliphatic heterocycles. The first-order chi connectivity index (χ1) is 10.4. The van der Waals surface area contributed by atoms with E-state index in [1.165, 1.54) is 24.3 Å². The van der Waals surface area contributed by atoms with Crippen molar-refractivity contribution in [1.29, 1.82) is 0 Å². The number of carbonyl (C=O) groups excluding carboxylic acids is 2. The Morgan fingerprint density at radius 2 is 1.82 bits per heavy atom. The normalized spacial score (nSPS) is 12.2. The predicted octanol–water partition coefficient (Wildman–Crippen LogP) is 2.16. The number of carbonyl (C=O) groups is 2. The lowest BCUT2D eigenvalue weighted by molar-refractivity contribution is -0.120. The van der Waals surface area contributed by atoms with E-state index in [0.717, 1.165) is 0 Å². The molecule has 0 fully saturated rings. The summed E-state index contributed by atoms with van der Waals surface area (Å²) >= 11 is 0. The third-order valence-electron chi connectivity index (χ3n) is 3.33. The lowest BCUT2D eigenvalue weighted by Gasteiger charge is -2.18. The number of hydrogen-bond donors (Lipinski definition) is 2. The van der Waals surface area contributed by atoms with Crippen molar-refractivity contribution in [2.45, 2.75) is 25.9 Å². The molecule has 0 bridgehead atoms. The Kier molecular flexibility index (Phi) is 4.60. The molecule has 1 atom stereocenters. The van der Waals surface area contributed by atoms with Crippen LogP contribution in [0.3, 0.4) is 0 Å². The molecule has 0 radical (unpaired) electrons.